The van der Waals surface area contributed by atoms with E-state index in [2.05, 4.69) is 41.7 Å². The topological polar surface area (TPSA) is 25.4 Å². The van der Waals surface area contributed by atoms with Crippen LogP contribution in [0.2, 0.25) is 0 Å². The SMILES string of the molecule is CN1CCCOc2c(Br)cc(Br)nc21. The monoisotopic (exact) mass is 320 g/mol. The summed E-state index contributed by atoms with van der Waals surface area (Å²) < 4.78 is 7.40. The molecule has 0 saturated carbocycles. The molecule has 0 aromatic carbocycles. The van der Waals surface area contributed by atoms with Crippen molar-refractivity contribution in [1.29, 1.82) is 0 Å². The second-order valence-corrected chi connectivity index (χ2v) is 4.87. The average molecular weight is 322 g/mol. The minimum atomic E-state index is 0.749. The molecule has 0 radical (unpaired) electrons. The molecule has 0 saturated heterocycles. The third kappa shape index (κ3) is 1.88. The molecule has 5 heteroatoms. The van der Waals surface area contributed by atoms with Crippen LogP contribution >= 0.6 is 31.9 Å². The van der Waals surface area contributed by atoms with Crippen molar-refractivity contribution in [2.75, 3.05) is 25.1 Å². The molecule has 0 bridgehead atoms. The zero-order chi connectivity index (χ0) is 10.1. The number of aromatic nitrogens is 1. The first-order valence-electron chi connectivity index (χ1n) is 4.38. The predicted molar refractivity (Wildman–Crippen MR) is 63.0 cm³/mol. The second-order valence-electron chi connectivity index (χ2n) is 3.20. The normalized spacial score (nSPS) is 15.8. The molecule has 0 spiro atoms. The van der Waals surface area contributed by atoms with E-state index < -0.39 is 0 Å². The second kappa shape index (κ2) is 4.06. The molecular weight excluding hydrogens is 312 g/mol. The highest BCUT2D eigenvalue weighted by Gasteiger charge is 2.18. The summed E-state index contributed by atoms with van der Waals surface area (Å²) in [4.78, 5) is 6.51. The summed E-state index contributed by atoms with van der Waals surface area (Å²) in [5.41, 5.74) is 0. The zero-order valence-electron chi connectivity index (χ0n) is 7.76. The molecule has 3 nitrogen and oxygen atoms in total. The molecule has 2 heterocycles. The number of halogens is 2. The van der Waals surface area contributed by atoms with Gasteiger partial charge in [-0.3, -0.25) is 0 Å². The summed E-state index contributed by atoms with van der Waals surface area (Å²) in [5, 5.41) is 0. The molecule has 0 N–H and O–H groups in total. The van der Waals surface area contributed by atoms with Gasteiger partial charge in [0.05, 0.1) is 11.1 Å². The molecular formula is C9H10Br2N2O. The Hall–Kier alpha value is -0.290. The van der Waals surface area contributed by atoms with Crippen LogP contribution in [0.4, 0.5) is 5.82 Å². The van der Waals surface area contributed by atoms with Crippen LogP contribution in [0.3, 0.4) is 0 Å². The maximum atomic E-state index is 5.63. The number of hydrogen-bond donors (Lipinski definition) is 0. The van der Waals surface area contributed by atoms with Crippen LogP contribution in [-0.4, -0.2) is 25.2 Å². The minimum Gasteiger partial charge on any atom is -0.488 e. The highest BCUT2D eigenvalue weighted by molar-refractivity contribution is 9.11. The van der Waals surface area contributed by atoms with Gasteiger partial charge >= 0.3 is 0 Å². The molecule has 2 rings (SSSR count). The standard InChI is InChI=1S/C9H10Br2N2O/c1-13-3-2-4-14-8-6(10)5-7(11)12-9(8)13/h5H,2-4H2,1H3. The fourth-order valence-corrected chi connectivity index (χ4v) is 2.65. The highest BCUT2D eigenvalue weighted by atomic mass is 79.9. The summed E-state index contributed by atoms with van der Waals surface area (Å²) in [7, 11) is 2.03. The van der Waals surface area contributed by atoms with E-state index in [1.165, 1.54) is 0 Å². The molecule has 76 valence electrons. The Labute approximate surface area is 99.7 Å². The van der Waals surface area contributed by atoms with E-state index in [1.807, 2.05) is 13.1 Å². The number of nitrogens with zero attached hydrogens (tertiary/aromatic N) is 2. The molecule has 0 unspecified atom stereocenters. The molecule has 0 fully saturated rings. The number of fused-ring (bicyclic) bond motifs is 1. The number of pyridine rings is 1. The number of anilines is 1. The summed E-state index contributed by atoms with van der Waals surface area (Å²) in [6.45, 7) is 1.72. The maximum Gasteiger partial charge on any atom is 0.175 e. The van der Waals surface area contributed by atoms with Gasteiger partial charge in [-0.1, -0.05) is 0 Å². The van der Waals surface area contributed by atoms with Gasteiger partial charge in [0.15, 0.2) is 11.6 Å². The van der Waals surface area contributed by atoms with Gasteiger partial charge in [0.1, 0.15) is 4.60 Å². The molecule has 0 aliphatic carbocycles. The average Bonchev–Trinajstić information content (AvgIpc) is 2.29. The lowest BCUT2D eigenvalue weighted by Crippen LogP contribution is -2.18. The van der Waals surface area contributed by atoms with Crippen LogP contribution in [0.25, 0.3) is 0 Å². The van der Waals surface area contributed by atoms with Crippen LogP contribution in [0.5, 0.6) is 5.75 Å². The van der Waals surface area contributed by atoms with Crippen molar-refractivity contribution >= 4 is 37.7 Å². The largest absolute Gasteiger partial charge is 0.488 e. The van der Waals surface area contributed by atoms with Gasteiger partial charge < -0.3 is 9.64 Å². The van der Waals surface area contributed by atoms with E-state index >= 15 is 0 Å². The third-order valence-electron chi connectivity index (χ3n) is 2.12. The van der Waals surface area contributed by atoms with E-state index in [-0.39, 0.29) is 0 Å². The van der Waals surface area contributed by atoms with Crippen molar-refractivity contribution in [2.24, 2.45) is 0 Å². The Balaban J connectivity index is 2.53. The summed E-state index contributed by atoms with van der Waals surface area (Å²) >= 11 is 6.84. The van der Waals surface area contributed by atoms with Crippen molar-refractivity contribution in [3.63, 3.8) is 0 Å². The van der Waals surface area contributed by atoms with Crippen molar-refractivity contribution in [3.05, 3.63) is 15.1 Å². The smallest absolute Gasteiger partial charge is 0.175 e. The quantitative estimate of drug-likeness (QED) is 0.687. The molecule has 1 aliphatic heterocycles. The summed E-state index contributed by atoms with van der Waals surface area (Å²) in [6.07, 6.45) is 1.02. The van der Waals surface area contributed by atoms with Crippen LogP contribution in [0.1, 0.15) is 6.42 Å². The molecule has 0 atom stereocenters. The molecule has 1 aliphatic rings. The van der Waals surface area contributed by atoms with Gasteiger partial charge in [-0.25, -0.2) is 4.98 Å². The first kappa shape index (κ1) is 10.2. The lowest BCUT2D eigenvalue weighted by atomic mass is 10.4. The molecule has 14 heavy (non-hydrogen) atoms. The first-order chi connectivity index (χ1) is 6.68. The van der Waals surface area contributed by atoms with E-state index in [0.717, 1.165) is 40.2 Å². The zero-order valence-corrected chi connectivity index (χ0v) is 10.9. The van der Waals surface area contributed by atoms with E-state index in [9.17, 15) is 0 Å². The number of ether oxygens (including phenoxy) is 1. The summed E-state index contributed by atoms with van der Waals surface area (Å²) in [5.74, 6) is 1.73. The van der Waals surface area contributed by atoms with Crippen molar-refractivity contribution in [1.82, 2.24) is 4.98 Å². The van der Waals surface area contributed by atoms with E-state index in [4.69, 9.17) is 4.74 Å². The molecule has 1 aromatic heterocycles. The van der Waals surface area contributed by atoms with Crippen LogP contribution < -0.4 is 9.64 Å². The Morgan fingerprint density at radius 1 is 1.50 bits per heavy atom. The fraction of sp³-hybridized carbons (Fsp3) is 0.444. The van der Waals surface area contributed by atoms with Gasteiger partial charge in [0.2, 0.25) is 0 Å². The van der Waals surface area contributed by atoms with Crippen molar-refractivity contribution in [3.8, 4) is 5.75 Å². The first-order valence-corrected chi connectivity index (χ1v) is 5.97. The van der Waals surface area contributed by atoms with Gasteiger partial charge in [-0.2, -0.15) is 0 Å². The maximum absolute atomic E-state index is 5.63. The molecule has 0 amide bonds. The van der Waals surface area contributed by atoms with Crippen molar-refractivity contribution < 1.29 is 4.74 Å². The lowest BCUT2D eigenvalue weighted by molar-refractivity contribution is 0.320. The van der Waals surface area contributed by atoms with Crippen molar-refractivity contribution in [2.45, 2.75) is 6.42 Å². The summed E-state index contributed by atoms with van der Waals surface area (Å²) in [6, 6.07) is 1.90. The number of rotatable bonds is 0. The Bertz CT molecular complexity index is 357. The Morgan fingerprint density at radius 3 is 3.07 bits per heavy atom. The van der Waals surface area contributed by atoms with E-state index in [0.29, 0.717) is 0 Å². The van der Waals surface area contributed by atoms with Gasteiger partial charge in [-0.05, 0) is 44.3 Å². The van der Waals surface area contributed by atoms with Gasteiger partial charge in [0, 0.05) is 13.6 Å². The van der Waals surface area contributed by atoms with E-state index in [1.54, 1.807) is 0 Å². The van der Waals surface area contributed by atoms with Crippen LogP contribution in [-0.2, 0) is 0 Å². The van der Waals surface area contributed by atoms with Gasteiger partial charge in [0.25, 0.3) is 0 Å². The Morgan fingerprint density at radius 2 is 2.29 bits per heavy atom. The fourth-order valence-electron chi connectivity index (χ4n) is 1.44. The number of hydrogen-bond acceptors (Lipinski definition) is 3. The minimum absolute atomic E-state index is 0.749. The van der Waals surface area contributed by atoms with Gasteiger partial charge in [-0.15, -0.1) is 0 Å². The van der Waals surface area contributed by atoms with Crippen LogP contribution in [0, 0.1) is 0 Å². The lowest BCUT2D eigenvalue weighted by Gasteiger charge is -2.17. The highest BCUT2D eigenvalue weighted by Crippen LogP contribution is 2.37. The van der Waals surface area contributed by atoms with Crippen LogP contribution in [0.15, 0.2) is 15.1 Å². The third-order valence-corrected chi connectivity index (χ3v) is 3.12. The Kier molecular flexibility index (Phi) is 2.97. The molecule has 1 aromatic rings. The predicted octanol–water partition coefficient (Wildman–Crippen LogP) is 2.83.